The molecular weight excluding hydrogens is 244 g/mol. The van der Waals surface area contributed by atoms with Crippen LogP contribution >= 0.6 is 0 Å². The molecule has 1 heterocycles. The Bertz CT molecular complexity index is 307. The van der Waals surface area contributed by atoms with Gasteiger partial charge >= 0.3 is 0 Å². The zero-order chi connectivity index (χ0) is 14.3. The largest absolute Gasteiger partial charge is 0.383 e. The average Bonchev–Trinajstić information content (AvgIpc) is 2.77. The summed E-state index contributed by atoms with van der Waals surface area (Å²) in [5, 5.41) is 2.92. The summed E-state index contributed by atoms with van der Waals surface area (Å²) in [6, 6.07) is 0.0374. The van der Waals surface area contributed by atoms with Gasteiger partial charge in [-0.15, -0.1) is 0 Å². The van der Waals surface area contributed by atoms with Gasteiger partial charge in [0.1, 0.15) is 0 Å². The van der Waals surface area contributed by atoms with Gasteiger partial charge in [0.05, 0.1) is 18.6 Å². The van der Waals surface area contributed by atoms with E-state index in [1.807, 2.05) is 6.92 Å². The topological polar surface area (TPSA) is 58.6 Å². The number of amides is 2. The van der Waals surface area contributed by atoms with Crippen molar-refractivity contribution in [1.82, 2.24) is 10.2 Å². The van der Waals surface area contributed by atoms with Crippen LogP contribution in [-0.2, 0) is 14.3 Å². The van der Waals surface area contributed by atoms with Crippen molar-refractivity contribution in [1.29, 1.82) is 0 Å². The lowest BCUT2D eigenvalue weighted by molar-refractivity contribution is -0.130. The Morgan fingerprint density at radius 2 is 2.26 bits per heavy atom. The molecule has 0 aromatic carbocycles. The third kappa shape index (κ3) is 4.82. The summed E-state index contributed by atoms with van der Waals surface area (Å²) in [6.45, 7) is 5.82. The van der Waals surface area contributed by atoms with E-state index in [1.165, 1.54) is 0 Å². The van der Waals surface area contributed by atoms with E-state index in [9.17, 15) is 9.59 Å². The number of hydrogen-bond donors (Lipinski definition) is 1. The predicted octanol–water partition coefficient (Wildman–Crippen LogP) is 1.18. The summed E-state index contributed by atoms with van der Waals surface area (Å²) in [5.74, 6) is -0.136. The second-order valence-electron chi connectivity index (χ2n) is 5.25. The minimum absolute atomic E-state index is 0.0107. The van der Waals surface area contributed by atoms with Crippen LogP contribution in [0.5, 0.6) is 0 Å². The SMILES string of the molecule is CCCCCNC(=O)[C@H]1CC(=O)N([C@H](C)COC)C1. The molecule has 5 heteroatoms. The molecule has 1 fully saturated rings. The van der Waals surface area contributed by atoms with Gasteiger partial charge in [-0.25, -0.2) is 0 Å². The van der Waals surface area contributed by atoms with E-state index in [0.717, 1.165) is 19.3 Å². The van der Waals surface area contributed by atoms with Gasteiger partial charge in [-0.2, -0.15) is 0 Å². The Morgan fingerprint density at radius 3 is 2.89 bits per heavy atom. The molecule has 0 saturated carbocycles. The smallest absolute Gasteiger partial charge is 0.225 e. The van der Waals surface area contributed by atoms with Crippen LogP contribution in [0.15, 0.2) is 0 Å². The van der Waals surface area contributed by atoms with Crippen molar-refractivity contribution in [2.24, 2.45) is 5.92 Å². The number of carbonyl (C=O) groups excluding carboxylic acids is 2. The Hall–Kier alpha value is -1.10. The van der Waals surface area contributed by atoms with Gasteiger partial charge in [-0.1, -0.05) is 19.8 Å². The molecule has 1 aliphatic heterocycles. The quantitative estimate of drug-likeness (QED) is 0.674. The lowest BCUT2D eigenvalue weighted by Gasteiger charge is -2.23. The molecule has 0 radical (unpaired) electrons. The molecule has 0 aromatic rings. The van der Waals surface area contributed by atoms with Gasteiger partial charge in [-0.05, 0) is 13.3 Å². The molecule has 1 N–H and O–H groups in total. The van der Waals surface area contributed by atoms with Gasteiger partial charge in [0.15, 0.2) is 0 Å². The van der Waals surface area contributed by atoms with Gasteiger partial charge in [0.2, 0.25) is 11.8 Å². The number of carbonyl (C=O) groups is 2. The first kappa shape index (κ1) is 16.0. The molecule has 0 spiro atoms. The zero-order valence-corrected chi connectivity index (χ0v) is 12.3. The van der Waals surface area contributed by atoms with Gasteiger partial charge in [0, 0.05) is 26.6 Å². The summed E-state index contributed by atoms with van der Waals surface area (Å²) < 4.78 is 5.06. The van der Waals surface area contributed by atoms with Gasteiger partial charge < -0.3 is 15.0 Å². The highest BCUT2D eigenvalue weighted by molar-refractivity contribution is 5.89. The van der Waals surface area contributed by atoms with E-state index in [0.29, 0.717) is 26.1 Å². The molecule has 0 unspecified atom stereocenters. The molecule has 0 bridgehead atoms. The first-order valence-corrected chi connectivity index (χ1v) is 7.16. The number of methoxy groups -OCH3 is 1. The highest BCUT2D eigenvalue weighted by atomic mass is 16.5. The Labute approximate surface area is 115 Å². The molecule has 0 aromatic heterocycles. The average molecular weight is 270 g/mol. The Morgan fingerprint density at radius 1 is 1.53 bits per heavy atom. The fourth-order valence-corrected chi connectivity index (χ4v) is 2.40. The third-order valence-electron chi connectivity index (χ3n) is 3.55. The Kier molecular flexibility index (Phi) is 6.84. The summed E-state index contributed by atoms with van der Waals surface area (Å²) >= 11 is 0. The van der Waals surface area contributed by atoms with E-state index < -0.39 is 0 Å². The van der Waals surface area contributed by atoms with E-state index >= 15 is 0 Å². The van der Waals surface area contributed by atoms with Crippen molar-refractivity contribution >= 4 is 11.8 Å². The number of nitrogens with one attached hydrogen (secondary N) is 1. The van der Waals surface area contributed by atoms with Crippen LogP contribution in [0, 0.1) is 5.92 Å². The molecule has 2 amide bonds. The number of likely N-dealkylation sites (tertiary alicyclic amines) is 1. The van der Waals surface area contributed by atoms with Gasteiger partial charge in [-0.3, -0.25) is 9.59 Å². The summed E-state index contributed by atoms with van der Waals surface area (Å²) in [4.78, 5) is 25.6. The van der Waals surface area contributed by atoms with Crippen molar-refractivity contribution in [3.63, 3.8) is 0 Å². The fourth-order valence-electron chi connectivity index (χ4n) is 2.40. The molecule has 2 atom stereocenters. The monoisotopic (exact) mass is 270 g/mol. The van der Waals surface area contributed by atoms with Crippen molar-refractivity contribution in [2.45, 2.75) is 45.6 Å². The van der Waals surface area contributed by atoms with Crippen molar-refractivity contribution in [3.05, 3.63) is 0 Å². The zero-order valence-electron chi connectivity index (χ0n) is 12.3. The second-order valence-corrected chi connectivity index (χ2v) is 5.25. The van der Waals surface area contributed by atoms with Crippen molar-refractivity contribution in [3.8, 4) is 0 Å². The Balaban J connectivity index is 2.36. The van der Waals surface area contributed by atoms with Crippen LogP contribution in [-0.4, -0.2) is 49.6 Å². The number of ether oxygens (including phenoxy) is 1. The molecule has 0 aliphatic carbocycles. The maximum absolute atomic E-state index is 12.0. The van der Waals surface area contributed by atoms with Crippen LogP contribution in [0.2, 0.25) is 0 Å². The molecule has 1 saturated heterocycles. The van der Waals surface area contributed by atoms with Crippen LogP contribution in [0.25, 0.3) is 0 Å². The predicted molar refractivity (Wildman–Crippen MR) is 73.7 cm³/mol. The van der Waals surface area contributed by atoms with E-state index in [4.69, 9.17) is 4.74 Å². The molecule has 19 heavy (non-hydrogen) atoms. The minimum Gasteiger partial charge on any atom is -0.383 e. The van der Waals surface area contributed by atoms with E-state index in [-0.39, 0.29) is 23.8 Å². The maximum atomic E-state index is 12.0. The highest BCUT2D eigenvalue weighted by Gasteiger charge is 2.36. The van der Waals surface area contributed by atoms with Crippen LogP contribution in [0.3, 0.4) is 0 Å². The highest BCUT2D eigenvalue weighted by Crippen LogP contribution is 2.20. The standard InChI is InChI=1S/C14H26N2O3/c1-4-5-6-7-15-14(18)12-8-13(17)16(9-12)11(2)10-19-3/h11-12H,4-10H2,1-3H3,(H,15,18)/t11-,12+/m1/s1. The van der Waals surface area contributed by atoms with Crippen molar-refractivity contribution in [2.75, 3.05) is 26.8 Å². The minimum atomic E-state index is -0.201. The summed E-state index contributed by atoms with van der Waals surface area (Å²) in [5.41, 5.74) is 0. The normalized spacial score (nSPS) is 20.7. The van der Waals surface area contributed by atoms with Gasteiger partial charge in [0.25, 0.3) is 0 Å². The first-order valence-electron chi connectivity index (χ1n) is 7.16. The van der Waals surface area contributed by atoms with Crippen molar-refractivity contribution < 1.29 is 14.3 Å². The number of nitrogens with zero attached hydrogens (tertiary/aromatic N) is 1. The summed E-state index contributed by atoms with van der Waals surface area (Å²) in [6.07, 6.45) is 3.60. The van der Waals surface area contributed by atoms with E-state index in [1.54, 1.807) is 12.0 Å². The third-order valence-corrected chi connectivity index (χ3v) is 3.55. The van der Waals surface area contributed by atoms with Crippen LogP contribution < -0.4 is 5.32 Å². The summed E-state index contributed by atoms with van der Waals surface area (Å²) in [7, 11) is 1.62. The molecule has 5 nitrogen and oxygen atoms in total. The maximum Gasteiger partial charge on any atom is 0.225 e. The van der Waals surface area contributed by atoms with Crippen LogP contribution in [0.1, 0.15) is 39.5 Å². The molecule has 1 rings (SSSR count). The fraction of sp³-hybridized carbons (Fsp3) is 0.857. The number of hydrogen-bond acceptors (Lipinski definition) is 3. The lowest BCUT2D eigenvalue weighted by atomic mass is 10.1. The molecular formula is C14H26N2O3. The van der Waals surface area contributed by atoms with Crippen LogP contribution in [0.4, 0.5) is 0 Å². The van der Waals surface area contributed by atoms with E-state index in [2.05, 4.69) is 12.2 Å². The first-order chi connectivity index (χ1) is 9.10. The molecule has 110 valence electrons. The number of rotatable bonds is 8. The molecule has 1 aliphatic rings. The number of unbranched alkanes of at least 4 members (excludes halogenated alkanes) is 2. The second kappa shape index (κ2) is 8.15. The lowest BCUT2D eigenvalue weighted by Crippen LogP contribution is -2.39.